The molecule has 1 aliphatic rings. The molecule has 38 heavy (non-hydrogen) atoms. The number of halogens is 1. The molecule has 4 aromatic carbocycles. The summed E-state index contributed by atoms with van der Waals surface area (Å²) < 4.78 is 13.5. The summed E-state index contributed by atoms with van der Waals surface area (Å²) in [7, 11) is 0. The molecule has 0 radical (unpaired) electrons. The highest BCUT2D eigenvalue weighted by Gasteiger charge is 2.39. The number of nitrogens with zero attached hydrogens (tertiary/aromatic N) is 3. The van der Waals surface area contributed by atoms with Crippen molar-refractivity contribution in [2.75, 3.05) is 9.80 Å². The predicted molar refractivity (Wildman–Crippen MR) is 143 cm³/mol. The van der Waals surface area contributed by atoms with E-state index in [0.717, 1.165) is 5.56 Å². The van der Waals surface area contributed by atoms with Crippen LogP contribution >= 0.6 is 0 Å². The minimum Gasteiger partial charge on any atom is -0.305 e. The highest BCUT2D eigenvalue weighted by Crippen LogP contribution is 2.43. The molecule has 8 heteroatoms. The van der Waals surface area contributed by atoms with Gasteiger partial charge in [-0.2, -0.15) is 0 Å². The van der Waals surface area contributed by atoms with E-state index in [4.69, 9.17) is 0 Å². The number of hydrogen-bond donors (Lipinski definition) is 0. The highest BCUT2D eigenvalue weighted by molar-refractivity contribution is 6.09. The second kappa shape index (κ2) is 10.3. The molecule has 0 spiro atoms. The summed E-state index contributed by atoms with van der Waals surface area (Å²) in [5.41, 5.74) is 2.71. The second-order valence-electron chi connectivity index (χ2n) is 9.16. The summed E-state index contributed by atoms with van der Waals surface area (Å²) in [5, 5.41) is 11.1. The Labute approximate surface area is 218 Å². The third-order valence-corrected chi connectivity index (χ3v) is 6.76. The fourth-order valence-corrected chi connectivity index (χ4v) is 4.96. The van der Waals surface area contributed by atoms with Gasteiger partial charge in [0, 0.05) is 40.7 Å². The number of para-hydroxylation sites is 2. The van der Waals surface area contributed by atoms with E-state index in [1.54, 1.807) is 9.80 Å². The number of nitro groups is 1. The average Bonchev–Trinajstić information content (AvgIpc) is 2.94. The first kappa shape index (κ1) is 24.8. The number of carbonyl (C=O) groups is 2. The van der Waals surface area contributed by atoms with Crippen molar-refractivity contribution < 1.29 is 18.9 Å². The molecule has 2 atom stereocenters. The van der Waals surface area contributed by atoms with Crippen LogP contribution in [-0.4, -0.2) is 22.8 Å². The number of benzene rings is 4. The van der Waals surface area contributed by atoms with Crippen LogP contribution in [0.15, 0.2) is 103 Å². The van der Waals surface area contributed by atoms with E-state index in [2.05, 4.69) is 0 Å². The topological polar surface area (TPSA) is 83.8 Å². The Morgan fingerprint density at radius 1 is 0.868 bits per heavy atom. The Kier molecular flexibility index (Phi) is 6.70. The van der Waals surface area contributed by atoms with Crippen LogP contribution in [0.5, 0.6) is 0 Å². The number of nitro benzene ring substituents is 1. The summed E-state index contributed by atoms with van der Waals surface area (Å²) >= 11 is 0. The smallest absolute Gasteiger partial charge is 0.269 e. The number of carbonyl (C=O) groups excluding carboxylic acids is 2. The fourth-order valence-electron chi connectivity index (χ4n) is 4.96. The van der Waals surface area contributed by atoms with Crippen molar-refractivity contribution in [3.05, 3.63) is 136 Å². The van der Waals surface area contributed by atoms with Gasteiger partial charge in [-0.3, -0.25) is 19.7 Å². The Hall–Kier alpha value is -4.85. The second-order valence-corrected chi connectivity index (χ2v) is 9.16. The third-order valence-electron chi connectivity index (χ3n) is 6.76. The summed E-state index contributed by atoms with van der Waals surface area (Å²) in [4.78, 5) is 41.5. The van der Waals surface area contributed by atoms with E-state index < -0.39 is 16.8 Å². The largest absolute Gasteiger partial charge is 0.305 e. The lowest BCUT2D eigenvalue weighted by Gasteiger charge is -2.43. The Morgan fingerprint density at radius 3 is 2.13 bits per heavy atom. The van der Waals surface area contributed by atoms with Crippen LogP contribution in [0.1, 0.15) is 45.7 Å². The first-order valence-electron chi connectivity index (χ1n) is 12.2. The van der Waals surface area contributed by atoms with Crippen LogP contribution in [0.2, 0.25) is 0 Å². The molecule has 0 saturated heterocycles. The SMILES string of the molecule is C[C@@H]1C[C@@H](N(C(=O)c2ccc([N+](=O)[O-])cc2)c2ccccc2)c2ccccc2N1C(=O)c1ccc(F)cc1. The summed E-state index contributed by atoms with van der Waals surface area (Å²) in [6, 6.07) is 27.0. The van der Waals surface area contributed by atoms with Crippen molar-refractivity contribution in [2.24, 2.45) is 0 Å². The van der Waals surface area contributed by atoms with E-state index >= 15 is 0 Å². The molecule has 190 valence electrons. The lowest BCUT2D eigenvalue weighted by Crippen LogP contribution is -2.47. The minimum atomic E-state index is -0.505. The predicted octanol–water partition coefficient (Wildman–Crippen LogP) is 6.56. The van der Waals surface area contributed by atoms with Gasteiger partial charge >= 0.3 is 0 Å². The van der Waals surface area contributed by atoms with E-state index in [9.17, 15) is 24.1 Å². The van der Waals surface area contributed by atoms with Gasteiger partial charge in [-0.15, -0.1) is 0 Å². The van der Waals surface area contributed by atoms with Gasteiger partial charge < -0.3 is 9.80 Å². The molecule has 5 rings (SSSR count). The average molecular weight is 510 g/mol. The van der Waals surface area contributed by atoms with Gasteiger partial charge in [0.1, 0.15) is 5.82 Å². The van der Waals surface area contributed by atoms with Crippen LogP contribution in [0.4, 0.5) is 21.5 Å². The number of hydrogen-bond acceptors (Lipinski definition) is 4. The number of fused-ring (bicyclic) bond motifs is 1. The number of amides is 2. The highest BCUT2D eigenvalue weighted by atomic mass is 19.1. The monoisotopic (exact) mass is 509 g/mol. The summed E-state index contributed by atoms with van der Waals surface area (Å²) in [5.74, 6) is -0.982. The molecule has 7 nitrogen and oxygen atoms in total. The first-order chi connectivity index (χ1) is 18.3. The number of rotatable bonds is 5. The van der Waals surface area contributed by atoms with Crippen molar-refractivity contribution >= 4 is 28.9 Å². The van der Waals surface area contributed by atoms with E-state index in [0.29, 0.717) is 28.9 Å². The minimum absolute atomic E-state index is 0.0978. The maximum atomic E-state index is 14.0. The lowest BCUT2D eigenvalue weighted by atomic mass is 9.89. The molecule has 4 aromatic rings. The van der Waals surface area contributed by atoms with Crippen molar-refractivity contribution in [3.63, 3.8) is 0 Å². The van der Waals surface area contributed by atoms with Gasteiger partial charge in [0.25, 0.3) is 17.5 Å². The fraction of sp³-hybridized carbons (Fsp3) is 0.133. The van der Waals surface area contributed by atoms with Gasteiger partial charge in [0.15, 0.2) is 0 Å². The molecule has 0 bridgehead atoms. The van der Waals surface area contributed by atoms with Crippen LogP contribution in [-0.2, 0) is 0 Å². The van der Waals surface area contributed by atoms with Gasteiger partial charge in [0.2, 0.25) is 0 Å². The molecule has 0 fully saturated rings. The molecule has 0 aromatic heterocycles. The van der Waals surface area contributed by atoms with Crippen molar-refractivity contribution in [1.82, 2.24) is 0 Å². The normalized spacial score (nSPS) is 16.4. The third kappa shape index (κ3) is 4.64. The molecule has 0 aliphatic carbocycles. The Morgan fingerprint density at radius 2 is 1.47 bits per heavy atom. The van der Waals surface area contributed by atoms with Gasteiger partial charge in [0.05, 0.1) is 11.0 Å². The molecule has 1 heterocycles. The summed E-state index contributed by atoms with van der Waals surface area (Å²) in [6.07, 6.45) is 0.442. The van der Waals surface area contributed by atoms with E-state index in [1.807, 2.05) is 61.5 Å². The summed E-state index contributed by atoms with van der Waals surface area (Å²) in [6.45, 7) is 1.92. The van der Waals surface area contributed by atoms with E-state index in [-0.39, 0.29) is 23.5 Å². The van der Waals surface area contributed by atoms with Gasteiger partial charge in [-0.1, -0.05) is 36.4 Å². The van der Waals surface area contributed by atoms with E-state index in [1.165, 1.54) is 48.5 Å². The molecule has 1 aliphatic heterocycles. The molecule has 2 amide bonds. The Balaban J connectivity index is 1.58. The quantitative estimate of drug-likeness (QED) is 0.225. The van der Waals surface area contributed by atoms with Crippen molar-refractivity contribution in [1.29, 1.82) is 0 Å². The van der Waals surface area contributed by atoms with Gasteiger partial charge in [-0.05, 0) is 73.5 Å². The molecular weight excluding hydrogens is 485 g/mol. The molecule has 0 N–H and O–H groups in total. The first-order valence-corrected chi connectivity index (χ1v) is 12.2. The number of anilines is 2. The van der Waals surface area contributed by atoms with Crippen molar-refractivity contribution in [3.8, 4) is 0 Å². The standard InChI is InChI=1S/C30H24FN3O4/c1-20-19-28(26-9-5-6-10-27(26)32(20)29(35)21-11-15-23(31)16-12-21)33(24-7-3-2-4-8-24)30(36)22-13-17-25(18-14-22)34(37)38/h2-18,20,28H,19H2,1H3/t20-,28-/m1/s1. The molecular formula is C30H24FN3O4. The lowest BCUT2D eigenvalue weighted by molar-refractivity contribution is -0.384. The van der Waals surface area contributed by atoms with Crippen LogP contribution < -0.4 is 9.80 Å². The van der Waals surface area contributed by atoms with Crippen LogP contribution in [0.25, 0.3) is 0 Å². The maximum Gasteiger partial charge on any atom is 0.269 e. The van der Waals surface area contributed by atoms with Crippen LogP contribution in [0.3, 0.4) is 0 Å². The number of non-ortho nitro benzene ring substituents is 1. The van der Waals surface area contributed by atoms with Gasteiger partial charge in [-0.25, -0.2) is 4.39 Å². The van der Waals surface area contributed by atoms with Crippen molar-refractivity contribution in [2.45, 2.75) is 25.4 Å². The zero-order chi connectivity index (χ0) is 26.8. The Bertz CT molecular complexity index is 1490. The maximum absolute atomic E-state index is 14.0. The van der Waals surface area contributed by atoms with Crippen LogP contribution in [0, 0.1) is 15.9 Å². The zero-order valence-electron chi connectivity index (χ0n) is 20.5. The molecule has 0 unspecified atom stereocenters. The molecule has 0 saturated carbocycles. The zero-order valence-corrected chi connectivity index (χ0v) is 20.5.